The minimum absolute atomic E-state index is 0.108. The zero-order valence-corrected chi connectivity index (χ0v) is 18.6. The minimum atomic E-state index is -4.52. The van der Waals surface area contributed by atoms with Crippen LogP contribution in [0, 0.1) is 6.92 Å². The van der Waals surface area contributed by atoms with E-state index >= 15 is 0 Å². The summed E-state index contributed by atoms with van der Waals surface area (Å²) in [6.07, 6.45) is -4.52. The third kappa shape index (κ3) is 5.23. The second-order valence-electron chi connectivity index (χ2n) is 7.77. The van der Waals surface area contributed by atoms with E-state index in [9.17, 15) is 21.6 Å². The monoisotopic (exact) mass is 481 g/mol. The molecule has 0 aliphatic carbocycles. The molecule has 1 unspecified atom stereocenters. The van der Waals surface area contributed by atoms with Crippen molar-refractivity contribution >= 4 is 9.84 Å². The Morgan fingerprint density at radius 2 is 1.79 bits per heavy atom. The van der Waals surface area contributed by atoms with Crippen molar-refractivity contribution < 1.29 is 26.3 Å². The molecule has 1 saturated heterocycles. The molecule has 12 heteroatoms. The smallest absolute Gasteiger partial charge is 0.379 e. The number of hydrogen-bond donors (Lipinski definition) is 0. The summed E-state index contributed by atoms with van der Waals surface area (Å²) in [5, 5.41) is 11.5. The number of benzene rings is 2. The quantitative estimate of drug-likeness (QED) is 0.535. The number of hydrogen-bond acceptors (Lipinski definition) is 7. The predicted molar refractivity (Wildman–Crippen MR) is 112 cm³/mol. The molecule has 0 saturated carbocycles. The summed E-state index contributed by atoms with van der Waals surface area (Å²) in [7, 11) is -3.80. The fraction of sp³-hybridized carbons (Fsp3) is 0.381. The number of tetrazole rings is 1. The maximum atomic E-state index is 13.4. The van der Waals surface area contributed by atoms with Crippen LogP contribution < -0.4 is 0 Å². The van der Waals surface area contributed by atoms with Crippen molar-refractivity contribution in [2.45, 2.75) is 29.9 Å². The predicted octanol–water partition coefficient (Wildman–Crippen LogP) is 2.85. The molecular formula is C21H22F3N5O3S. The summed E-state index contributed by atoms with van der Waals surface area (Å²) >= 11 is 0. The molecular weight excluding hydrogens is 459 g/mol. The molecule has 4 rings (SSSR count). The number of alkyl halides is 3. The van der Waals surface area contributed by atoms with Gasteiger partial charge in [-0.3, -0.25) is 4.90 Å². The van der Waals surface area contributed by atoms with Crippen molar-refractivity contribution in [1.29, 1.82) is 0 Å². The molecule has 1 fully saturated rings. The van der Waals surface area contributed by atoms with Crippen molar-refractivity contribution in [3.05, 3.63) is 71.0 Å². The highest BCUT2D eigenvalue weighted by molar-refractivity contribution is 7.90. The average Bonchev–Trinajstić information content (AvgIpc) is 3.21. The molecule has 1 aliphatic rings. The molecule has 0 N–H and O–H groups in total. The van der Waals surface area contributed by atoms with Gasteiger partial charge >= 0.3 is 6.18 Å². The summed E-state index contributed by atoms with van der Waals surface area (Å²) in [4.78, 5) is 2.00. The summed E-state index contributed by atoms with van der Waals surface area (Å²) < 4.78 is 72.6. The second kappa shape index (κ2) is 9.20. The van der Waals surface area contributed by atoms with Gasteiger partial charge < -0.3 is 4.74 Å². The molecule has 176 valence electrons. The number of sulfone groups is 1. The first kappa shape index (κ1) is 23.3. The molecule has 8 nitrogen and oxygen atoms in total. The summed E-state index contributed by atoms with van der Waals surface area (Å²) in [5.74, 6) is -0.398. The van der Waals surface area contributed by atoms with E-state index in [4.69, 9.17) is 4.74 Å². The number of halogens is 3. The lowest BCUT2D eigenvalue weighted by atomic mass is 10.0. The number of aryl methyl sites for hydroxylation is 1. The van der Waals surface area contributed by atoms with Crippen LogP contribution in [0.25, 0.3) is 0 Å². The molecule has 2 aromatic carbocycles. The Bertz CT molecular complexity index is 1210. The molecule has 1 aromatic heterocycles. The van der Waals surface area contributed by atoms with Gasteiger partial charge in [0.2, 0.25) is 0 Å². The van der Waals surface area contributed by atoms with Crippen molar-refractivity contribution in [2.24, 2.45) is 0 Å². The Labute approximate surface area is 188 Å². The highest BCUT2D eigenvalue weighted by atomic mass is 32.2. The fourth-order valence-corrected chi connectivity index (χ4v) is 4.93. The van der Waals surface area contributed by atoms with Crippen molar-refractivity contribution in [2.75, 3.05) is 26.3 Å². The van der Waals surface area contributed by atoms with E-state index in [-0.39, 0.29) is 10.7 Å². The highest BCUT2D eigenvalue weighted by Gasteiger charge is 2.34. The number of aromatic nitrogens is 4. The van der Waals surface area contributed by atoms with Crippen LogP contribution in [0.1, 0.15) is 28.6 Å². The lowest BCUT2D eigenvalue weighted by Crippen LogP contribution is -2.40. The zero-order valence-electron chi connectivity index (χ0n) is 17.7. The summed E-state index contributed by atoms with van der Waals surface area (Å²) in [5.41, 5.74) is 0.425. The Morgan fingerprint density at radius 1 is 1.09 bits per heavy atom. The van der Waals surface area contributed by atoms with Crippen LogP contribution in [-0.4, -0.2) is 59.8 Å². The largest absolute Gasteiger partial charge is 0.416 e. The van der Waals surface area contributed by atoms with Gasteiger partial charge in [0.05, 0.1) is 29.7 Å². The van der Waals surface area contributed by atoms with Gasteiger partial charge in [0.25, 0.3) is 0 Å². The third-order valence-electron chi connectivity index (χ3n) is 5.42. The zero-order chi connectivity index (χ0) is 23.6. The van der Waals surface area contributed by atoms with E-state index in [1.807, 2.05) is 11.8 Å². The van der Waals surface area contributed by atoms with Crippen LogP contribution in [0.15, 0.2) is 53.4 Å². The number of rotatable bonds is 6. The average molecular weight is 482 g/mol. The molecule has 2 heterocycles. The van der Waals surface area contributed by atoms with E-state index in [0.29, 0.717) is 31.9 Å². The standard InChI is InChI=1S/C21H22F3N5O3S/c1-15-5-7-18(8-6-15)33(30,31)14-29-20(25-26-27-29)19(28-9-11-32-12-10-28)16-3-2-4-17(13-16)21(22,23)24/h2-8,13,19H,9-12,14H2,1H3. The van der Waals surface area contributed by atoms with Gasteiger partial charge in [0.1, 0.15) is 0 Å². The maximum Gasteiger partial charge on any atom is 0.416 e. The van der Waals surface area contributed by atoms with Gasteiger partial charge in [-0.2, -0.15) is 13.2 Å². The Morgan fingerprint density at radius 3 is 2.45 bits per heavy atom. The van der Waals surface area contributed by atoms with Gasteiger partial charge in [-0.1, -0.05) is 29.8 Å². The summed E-state index contributed by atoms with van der Waals surface area (Å²) in [6.45, 7) is 3.48. The van der Waals surface area contributed by atoms with Gasteiger partial charge in [0.15, 0.2) is 21.5 Å². The Hall–Kier alpha value is -2.83. The Balaban J connectivity index is 1.74. The lowest BCUT2D eigenvalue weighted by Gasteiger charge is -2.34. The van der Waals surface area contributed by atoms with Crippen LogP contribution in [0.2, 0.25) is 0 Å². The van der Waals surface area contributed by atoms with Crippen LogP contribution in [0.5, 0.6) is 0 Å². The van der Waals surface area contributed by atoms with Crippen LogP contribution in [0.4, 0.5) is 13.2 Å². The summed E-state index contributed by atoms with van der Waals surface area (Å²) in [6, 6.07) is 10.5. The first-order valence-corrected chi connectivity index (χ1v) is 11.8. The number of morpholine rings is 1. The molecule has 0 bridgehead atoms. The minimum Gasteiger partial charge on any atom is -0.379 e. The van der Waals surface area contributed by atoms with Gasteiger partial charge in [-0.05, 0) is 47.2 Å². The highest BCUT2D eigenvalue weighted by Crippen LogP contribution is 2.34. The van der Waals surface area contributed by atoms with Crippen LogP contribution in [0.3, 0.4) is 0 Å². The third-order valence-corrected chi connectivity index (χ3v) is 6.99. The van der Waals surface area contributed by atoms with E-state index in [2.05, 4.69) is 15.5 Å². The van der Waals surface area contributed by atoms with Crippen molar-refractivity contribution in [3.63, 3.8) is 0 Å². The molecule has 1 atom stereocenters. The SMILES string of the molecule is Cc1ccc(S(=O)(=O)Cn2nnnc2C(c2cccc(C(F)(F)F)c2)N2CCOCC2)cc1. The molecule has 0 radical (unpaired) electrons. The molecule has 0 spiro atoms. The van der Waals surface area contributed by atoms with E-state index in [0.717, 1.165) is 22.4 Å². The van der Waals surface area contributed by atoms with E-state index in [1.54, 1.807) is 18.2 Å². The number of nitrogens with zero attached hydrogens (tertiary/aromatic N) is 5. The van der Waals surface area contributed by atoms with Gasteiger partial charge in [0, 0.05) is 13.1 Å². The molecule has 3 aromatic rings. The van der Waals surface area contributed by atoms with Gasteiger partial charge in [-0.15, -0.1) is 5.10 Å². The first-order chi connectivity index (χ1) is 15.6. The molecule has 0 amide bonds. The number of ether oxygens (including phenoxy) is 1. The first-order valence-electron chi connectivity index (χ1n) is 10.2. The van der Waals surface area contributed by atoms with E-state index < -0.39 is 33.5 Å². The van der Waals surface area contributed by atoms with Crippen LogP contribution >= 0.6 is 0 Å². The van der Waals surface area contributed by atoms with Gasteiger partial charge in [-0.25, -0.2) is 13.1 Å². The topological polar surface area (TPSA) is 90.2 Å². The van der Waals surface area contributed by atoms with Crippen LogP contribution in [-0.2, 0) is 26.6 Å². The molecule has 33 heavy (non-hydrogen) atoms. The maximum absolute atomic E-state index is 13.4. The van der Waals surface area contributed by atoms with Crippen molar-refractivity contribution in [3.8, 4) is 0 Å². The Kier molecular flexibility index (Phi) is 6.50. The molecule has 1 aliphatic heterocycles. The second-order valence-corrected chi connectivity index (χ2v) is 9.73. The fourth-order valence-electron chi connectivity index (χ4n) is 3.72. The van der Waals surface area contributed by atoms with E-state index in [1.165, 1.54) is 18.2 Å². The lowest BCUT2D eigenvalue weighted by molar-refractivity contribution is -0.137. The van der Waals surface area contributed by atoms with Crippen molar-refractivity contribution in [1.82, 2.24) is 25.1 Å². The normalized spacial score (nSPS) is 16.6.